The Bertz CT molecular complexity index is 1120. The molecule has 2 aromatic heterocycles. The fourth-order valence-electron chi connectivity index (χ4n) is 2.93. The first-order chi connectivity index (χ1) is 13.7. The number of sulfonamides is 1. The summed E-state index contributed by atoms with van der Waals surface area (Å²) < 4.78 is 25.8. The molecule has 6 nitrogen and oxygen atoms in total. The second-order valence-corrected chi connectivity index (χ2v) is 9.27. The third-order valence-corrected chi connectivity index (χ3v) is 6.28. The highest BCUT2D eigenvalue weighted by Gasteiger charge is 2.19. The van der Waals surface area contributed by atoms with E-state index in [9.17, 15) is 13.2 Å². The minimum atomic E-state index is -3.34. The topological polar surface area (TPSA) is 91.9 Å². The van der Waals surface area contributed by atoms with Crippen molar-refractivity contribution in [1.29, 1.82) is 0 Å². The molecule has 8 heteroatoms. The lowest BCUT2D eigenvalue weighted by molar-refractivity contribution is 0.103. The van der Waals surface area contributed by atoms with E-state index in [0.29, 0.717) is 22.0 Å². The van der Waals surface area contributed by atoms with E-state index in [1.807, 2.05) is 19.9 Å². The Morgan fingerprint density at radius 2 is 1.90 bits per heavy atom. The number of rotatable bonds is 7. The third-order valence-electron chi connectivity index (χ3n) is 4.72. The standard InChI is InChI=1S/C21H22ClN3O3S/c1-4-29(27,28)25-17-9-10-18(23-12-17)14(3)19-11-13(2)20(24-19)21(26)15-5-7-16(22)8-6-15/h5-12,14,24-25H,4H2,1-3H3. The predicted octanol–water partition coefficient (Wildman–Crippen LogP) is 4.52. The van der Waals surface area contributed by atoms with E-state index in [1.165, 1.54) is 6.20 Å². The first-order valence-corrected chi connectivity index (χ1v) is 11.2. The van der Waals surface area contributed by atoms with Crippen LogP contribution in [0, 0.1) is 6.92 Å². The molecule has 1 unspecified atom stereocenters. The molecule has 0 aliphatic rings. The molecule has 0 saturated heterocycles. The SMILES string of the molecule is CCS(=O)(=O)Nc1ccc(C(C)c2cc(C)c(C(=O)c3ccc(Cl)cc3)[nH]2)nc1. The maximum absolute atomic E-state index is 12.8. The molecule has 0 fully saturated rings. The van der Waals surface area contributed by atoms with Crippen LogP contribution in [0.4, 0.5) is 5.69 Å². The van der Waals surface area contributed by atoms with Gasteiger partial charge in [-0.05, 0) is 61.9 Å². The molecule has 1 aromatic carbocycles. The van der Waals surface area contributed by atoms with Crippen LogP contribution >= 0.6 is 11.6 Å². The lowest BCUT2D eigenvalue weighted by Crippen LogP contribution is -2.14. The summed E-state index contributed by atoms with van der Waals surface area (Å²) in [6.07, 6.45) is 1.49. The van der Waals surface area contributed by atoms with Crippen LogP contribution in [0.1, 0.15) is 52.8 Å². The van der Waals surface area contributed by atoms with Gasteiger partial charge in [0.1, 0.15) is 0 Å². The highest BCUT2D eigenvalue weighted by atomic mass is 35.5. The van der Waals surface area contributed by atoms with E-state index in [2.05, 4.69) is 14.7 Å². The van der Waals surface area contributed by atoms with Crippen LogP contribution in [0.2, 0.25) is 5.02 Å². The molecule has 2 heterocycles. The Kier molecular flexibility index (Phi) is 6.10. The summed E-state index contributed by atoms with van der Waals surface area (Å²) in [6, 6.07) is 12.2. The number of carbonyl (C=O) groups excluding carboxylic acids is 1. The van der Waals surface area contributed by atoms with Gasteiger partial charge in [-0.15, -0.1) is 0 Å². The maximum atomic E-state index is 12.8. The molecule has 2 N–H and O–H groups in total. The largest absolute Gasteiger partial charge is 0.355 e. The molecule has 1 atom stereocenters. The number of aromatic nitrogens is 2. The molecule has 3 rings (SSSR count). The fourth-order valence-corrected chi connectivity index (χ4v) is 3.68. The Morgan fingerprint density at radius 3 is 2.48 bits per heavy atom. The molecule has 0 saturated carbocycles. The summed E-state index contributed by atoms with van der Waals surface area (Å²) in [6.45, 7) is 5.43. The molecule has 3 aromatic rings. The van der Waals surface area contributed by atoms with Crippen molar-refractivity contribution >= 4 is 33.1 Å². The molecule has 152 valence electrons. The van der Waals surface area contributed by atoms with E-state index in [0.717, 1.165) is 17.0 Å². The van der Waals surface area contributed by atoms with E-state index in [1.54, 1.807) is 43.3 Å². The summed E-state index contributed by atoms with van der Waals surface area (Å²) in [5, 5.41) is 0.579. The maximum Gasteiger partial charge on any atom is 0.232 e. The molecule has 0 spiro atoms. The molecular formula is C21H22ClN3O3S. The molecular weight excluding hydrogens is 410 g/mol. The van der Waals surface area contributed by atoms with Crippen LogP contribution in [0.5, 0.6) is 0 Å². The number of anilines is 1. The van der Waals surface area contributed by atoms with Gasteiger partial charge < -0.3 is 4.98 Å². The van der Waals surface area contributed by atoms with Gasteiger partial charge in [-0.25, -0.2) is 8.42 Å². The number of pyridine rings is 1. The summed E-state index contributed by atoms with van der Waals surface area (Å²) >= 11 is 5.90. The number of halogens is 1. The summed E-state index contributed by atoms with van der Waals surface area (Å²) in [7, 11) is -3.34. The van der Waals surface area contributed by atoms with Crippen molar-refractivity contribution < 1.29 is 13.2 Å². The first-order valence-electron chi connectivity index (χ1n) is 9.16. The van der Waals surface area contributed by atoms with Crippen LogP contribution in [-0.4, -0.2) is 29.9 Å². The zero-order chi connectivity index (χ0) is 21.2. The highest BCUT2D eigenvalue weighted by molar-refractivity contribution is 7.92. The van der Waals surface area contributed by atoms with Crippen LogP contribution in [-0.2, 0) is 10.0 Å². The number of hydrogen-bond acceptors (Lipinski definition) is 4. The van der Waals surface area contributed by atoms with Crippen LogP contribution in [0.15, 0.2) is 48.7 Å². The quantitative estimate of drug-likeness (QED) is 0.538. The molecule has 0 aliphatic carbocycles. The summed E-state index contributed by atoms with van der Waals surface area (Å²) in [5.41, 5.74) is 3.97. The molecule has 0 aliphatic heterocycles. The number of H-pyrrole nitrogens is 1. The number of ketones is 1. The predicted molar refractivity (Wildman–Crippen MR) is 115 cm³/mol. The van der Waals surface area contributed by atoms with Gasteiger partial charge in [0, 0.05) is 27.9 Å². The smallest absolute Gasteiger partial charge is 0.232 e. The van der Waals surface area contributed by atoms with Gasteiger partial charge in [0.2, 0.25) is 15.8 Å². The molecule has 0 radical (unpaired) electrons. The minimum absolute atomic E-state index is 0.00265. The first kappa shape index (κ1) is 21.1. The van der Waals surface area contributed by atoms with Crippen molar-refractivity contribution in [2.24, 2.45) is 0 Å². The molecule has 29 heavy (non-hydrogen) atoms. The number of hydrogen-bond donors (Lipinski definition) is 2. The Labute approximate surface area is 175 Å². The van der Waals surface area contributed by atoms with Crippen LogP contribution < -0.4 is 4.72 Å². The Hall–Kier alpha value is -2.64. The van der Waals surface area contributed by atoms with E-state index in [4.69, 9.17) is 11.6 Å². The van der Waals surface area contributed by atoms with Gasteiger partial charge in [-0.3, -0.25) is 14.5 Å². The lowest BCUT2D eigenvalue weighted by Gasteiger charge is -2.11. The number of nitrogens with one attached hydrogen (secondary N) is 2. The minimum Gasteiger partial charge on any atom is -0.355 e. The monoisotopic (exact) mass is 431 g/mol. The van der Waals surface area contributed by atoms with Crippen molar-refractivity contribution in [1.82, 2.24) is 9.97 Å². The summed E-state index contributed by atoms with van der Waals surface area (Å²) in [5.74, 6) is -0.204. The fraction of sp³-hybridized carbons (Fsp3) is 0.238. The second kappa shape index (κ2) is 8.39. The van der Waals surface area contributed by atoms with E-state index >= 15 is 0 Å². The van der Waals surface area contributed by atoms with Gasteiger partial charge in [0.15, 0.2) is 0 Å². The van der Waals surface area contributed by atoms with Gasteiger partial charge in [-0.2, -0.15) is 0 Å². The van der Waals surface area contributed by atoms with Crippen LogP contribution in [0.3, 0.4) is 0 Å². The average Bonchev–Trinajstić information content (AvgIpc) is 3.09. The van der Waals surface area contributed by atoms with Gasteiger partial charge in [0.25, 0.3) is 0 Å². The number of nitrogens with zero attached hydrogens (tertiary/aromatic N) is 1. The zero-order valence-corrected chi connectivity index (χ0v) is 17.9. The van der Waals surface area contributed by atoms with E-state index in [-0.39, 0.29) is 17.5 Å². The van der Waals surface area contributed by atoms with Gasteiger partial charge >= 0.3 is 0 Å². The number of benzene rings is 1. The molecule has 0 bridgehead atoms. The second-order valence-electron chi connectivity index (χ2n) is 6.82. The average molecular weight is 432 g/mol. The summed E-state index contributed by atoms with van der Waals surface area (Å²) in [4.78, 5) is 20.4. The van der Waals surface area contributed by atoms with Crippen molar-refractivity contribution in [2.75, 3.05) is 10.5 Å². The van der Waals surface area contributed by atoms with Gasteiger partial charge in [-0.1, -0.05) is 18.5 Å². The number of aryl methyl sites for hydroxylation is 1. The van der Waals surface area contributed by atoms with Gasteiger partial charge in [0.05, 0.1) is 23.3 Å². The normalized spacial score (nSPS) is 12.6. The van der Waals surface area contributed by atoms with E-state index < -0.39 is 10.0 Å². The van der Waals surface area contributed by atoms with Crippen molar-refractivity contribution in [3.63, 3.8) is 0 Å². The number of aromatic amines is 1. The Morgan fingerprint density at radius 1 is 1.21 bits per heavy atom. The Balaban J connectivity index is 1.81. The third kappa shape index (κ3) is 4.86. The molecule has 0 amide bonds. The van der Waals surface area contributed by atoms with Crippen molar-refractivity contribution in [2.45, 2.75) is 26.7 Å². The number of carbonyl (C=O) groups is 1. The van der Waals surface area contributed by atoms with Crippen molar-refractivity contribution in [3.8, 4) is 0 Å². The lowest BCUT2D eigenvalue weighted by atomic mass is 10.0. The van der Waals surface area contributed by atoms with Crippen LogP contribution in [0.25, 0.3) is 0 Å². The van der Waals surface area contributed by atoms with Crippen molar-refractivity contribution in [3.05, 3.63) is 81.9 Å². The highest BCUT2D eigenvalue weighted by Crippen LogP contribution is 2.26. The zero-order valence-electron chi connectivity index (χ0n) is 16.4.